The maximum atomic E-state index is 12.6. The minimum absolute atomic E-state index is 0.0287. The molecule has 0 aromatic heterocycles. The summed E-state index contributed by atoms with van der Waals surface area (Å²) in [7, 11) is -2.37. The fourth-order valence-corrected chi connectivity index (χ4v) is 3.88. The Hall–Kier alpha value is -3.23. The van der Waals surface area contributed by atoms with Gasteiger partial charge in [-0.05, 0) is 60.7 Å². The number of methoxy groups -OCH3 is 1. The molecule has 0 unspecified atom stereocenters. The Morgan fingerprint density at radius 2 is 1.65 bits per heavy atom. The monoisotopic (exact) mass is 460 g/mol. The summed E-state index contributed by atoms with van der Waals surface area (Å²) in [5.41, 5.74) is 0.662. The molecule has 3 aromatic carbocycles. The van der Waals surface area contributed by atoms with E-state index in [-0.39, 0.29) is 24.0 Å². The molecule has 0 radical (unpaired) electrons. The molecule has 9 heteroatoms. The molecule has 0 bridgehead atoms. The van der Waals surface area contributed by atoms with Gasteiger partial charge in [0.1, 0.15) is 18.1 Å². The van der Waals surface area contributed by atoms with Crippen LogP contribution in [0.15, 0.2) is 77.7 Å². The smallest absolute Gasteiger partial charge is 0.262 e. The van der Waals surface area contributed by atoms with Crippen molar-refractivity contribution >= 4 is 33.2 Å². The van der Waals surface area contributed by atoms with Crippen molar-refractivity contribution in [1.82, 2.24) is 5.32 Å². The SMILES string of the molecule is COc1ccccc1NS(=O)(=O)c1ccc(C(=O)NCCOc2ccc(Cl)cc2)cc1. The lowest BCUT2D eigenvalue weighted by molar-refractivity contribution is 0.0947. The molecule has 0 heterocycles. The molecule has 1 amide bonds. The average molecular weight is 461 g/mol. The third-order valence-electron chi connectivity index (χ3n) is 4.25. The van der Waals surface area contributed by atoms with Gasteiger partial charge in [-0.15, -0.1) is 0 Å². The van der Waals surface area contributed by atoms with Crippen LogP contribution in [-0.2, 0) is 10.0 Å². The summed E-state index contributed by atoms with van der Waals surface area (Å²) in [5, 5.41) is 3.34. The Morgan fingerprint density at radius 3 is 2.32 bits per heavy atom. The van der Waals surface area contributed by atoms with Crippen LogP contribution in [0.3, 0.4) is 0 Å². The summed E-state index contributed by atoms with van der Waals surface area (Å²) in [5.74, 6) is 0.722. The van der Waals surface area contributed by atoms with Gasteiger partial charge in [0.05, 0.1) is 24.2 Å². The highest BCUT2D eigenvalue weighted by atomic mass is 35.5. The molecular weight excluding hydrogens is 440 g/mol. The highest BCUT2D eigenvalue weighted by Gasteiger charge is 2.17. The molecule has 0 aliphatic rings. The molecule has 31 heavy (non-hydrogen) atoms. The summed E-state index contributed by atoms with van der Waals surface area (Å²) >= 11 is 5.82. The molecule has 0 fully saturated rings. The molecule has 0 aliphatic heterocycles. The second-order valence-electron chi connectivity index (χ2n) is 6.39. The topological polar surface area (TPSA) is 93.7 Å². The maximum Gasteiger partial charge on any atom is 0.262 e. The zero-order valence-electron chi connectivity index (χ0n) is 16.7. The Labute approximate surface area is 186 Å². The Morgan fingerprint density at radius 1 is 0.968 bits per heavy atom. The summed E-state index contributed by atoms with van der Waals surface area (Å²) in [4.78, 5) is 12.3. The van der Waals surface area contributed by atoms with Crippen molar-refractivity contribution in [3.8, 4) is 11.5 Å². The third-order valence-corrected chi connectivity index (χ3v) is 5.88. The van der Waals surface area contributed by atoms with Crippen molar-refractivity contribution in [3.63, 3.8) is 0 Å². The van der Waals surface area contributed by atoms with Crippen LogP contribution in [0.1, 0.15) is 10.4 Å². The van der Waals surface area contributed by atoms with Gasteiger partial charge in [0, 0.05) is 10.6 Å². The summed E-state index contributed by atoms with van der Waals surface area (Å²) < 4.78 is 38.4. The summed E-state index contributed by atoms with van der Waals surface area (Å²) in [6, 6.07) is 19.2. The van der Waals surface area contributed by atoms with Crippen LogP contribution in [0.4, 0.5) is 5.69 Å². The number of carbonyl (C=O) groups excluding carboxylic acids is 1. The second kappa shape index (κ2) is 10.2. The van der Waals surface area contributed by atoms with Gasteiger partial charge in [0.2, 0.25) is 0 Å². The molecule has 3 aromatic rings. The largest absolute Gasteiger partial charge is 0.495 e. The lowest BCUT2D eigenvalue weighted by atomic mass is 10.2. The first-order valence-electron chi connectivity index (χ1n) is 9.31. The lowest BCUT2D eigenvalue weighted by Gasteiger charge is -2.12. The van der Waals surface area contributed by atoms with Gasteiger partial charge in [-0.2, -0.15) is 0 Å². The average Bonchev–Trinajstić information content (AvgIpc) is 2.78. The third kappa shape index (κ3) is 6.13. The van der Waals surface area contributed by atoms with Crippen molar-refractivity contribution in [3.05, 3.63) is 83.4 Å². The van der Waals surface area contributed by atoms with Gasteiger partial charge >= 0.3 is 0 Å². The van der Waals surface area contributed by atoms with Crippen LogP contribution >= 0.6 is 11.6 Å². The number of hydrogen-bond donors (Lipinski definition) is 2. The molecule has 0 atom stereocenters. The number of carbonyl (C=O) groups is 1. The van der Waals surface area contributed by atoms with E-state index < -0.39 is 10.0 Å². The van der Waals surface area contributed by atoms with E-state index in [1.54, 1.807) is 48.5 Å². The molecule has 0 saturated heterocycles. The molecule has 162 valence electrons. The minimum atomic E-state index is -3.83. The zero-order valence-corrected chi connectivity index (χ0v) is 18.2. The van der Waals surface area contributed by atoms with Gasteiger partial charge < -0.3 is 14.8 Å². The van der Waals surface area contributed by atoms with Crippen LogP contribution in [-0.4, -0.2) is 34.6 Å². The highest BCUT2D eigenvalue weighted by molar-refractivity contribution is 7.92. The predicted octanol–water partition coefficient (Wildman–Crippen LogP) is 3.96. The fraction of sp³-hybridized carbons (Fsp3) is 0.136. The maximum absolute atomic E-state index is 12.6. The Bertz CT molecular complexity index is 1130. The van der Waals surface area contributed by atoms with Crippen molar-refractivity contribution in [1.29, 1.82) is 0 Å². The Balaban J connectivity index is 1.56. The van der Waals surface area contributed by atoms with E-state index in [4.69, 9.17) is 21.1 Å². The van der Waals surface area contributed by atoms with Crippen LogP contribution < -0.4 is 19.5 Å². The van der Waals surface area contributed by atoms with E-state index >= 15 is 0 Å². The number of rotatable bonds is 9. The molecule has 3 rings (SSSR count). The number of sulfonamides is 1. The van der Waals surface area contributed by atoms with E-state index in [1.807, 2.05) is 0 Å². The minimum Gasteiger partial charge on any atom is -0.495 e. The molecule has 0 saturated carbocycles. The first-order chi connectivity index (χ1) is 14.9. The van der Waals surface area contributed by atoms with Crippen LogP contribution in [0.25, 0.3) is 0 Å². The van der Waals surface area contributed by atoms with Gasteiger partial charge in [0.15, 0.2) is 0 Å². The number of halogens is 1. The van der Waals surface area contributed by atoms with E-state index in [9.17, 15) is 13.2 Å². The van der Waals surface area contributed by atoms with E-state index in [0.717, 1.165) is 0 Å². The zero-order chi connectivity index (χ0) is 22.3. The number of para-hydroxylation sites is 2. The van der Waals surface area contributed by atoms with Crippen molar-refractivity contribution in [2.24, 2.45) is 0 Å². The van der Waals surface area contributed by atoms with Gasteiger partial charge in [-0.3, -0.25) is 9.52 Å². The first kappa shape index (κ1) is 22.5. The van der Waals surface area contributed by atoms with Crippen LogP contribution in [0, 0.1) is 0 Å². The van der Waals surface area contributed by atoms with Gasteiger partial charge in [-0.1, -0.05) is 23.7 Å². The summed E-state index contributed by atoms with van der Waals surface area (Å²) in [6.45, 7) is 0.569. The van der Waals surface area contributed by atoms with Gasteiger partial charge in [0.25, 0.3) is 15.9 Å². The highest BCUT2D eigenvalue weighted by Crippen LogP contribution is 2.26. The molecule has 0 spiro atoms. The molecule has 7 nitrogen and oxygen atoms in total. The number of hydrogen-bond acceptors (Lipinski definition) is 5. The van der Waals surface area contributed by atoms with Crippen molar-refractivity contribution in [2.45, 2.75) is 4.90 Å². The number of ether oxygens (including phenoxy) is 2. The van der Waals surface area contributed by atoms with Crippen LogP contribution in [0.2, 0.25) is 5.02 Å². The Kier molecular flexibility index (Phi) is 7.38. The summed E-state index contributed by atoms with van der Waals surface area (Å²) in [6.07, 6.45) is 0. The lowest BCUT2D eigenvalue weighted by Crippen LogP contribution is -2.28. The number of benzene rings is 3. The second-order valence-corrected chi connectivity index (χ2v) is 8.51. The molecule has 0 aliphatic carbocycles. The van der Waals surface area contributed by atoms with Crippen molar-refractivity contribution < 1.29 is 22.7 Å². The predicted molar refractivity (Wildman–Crippen MR) is 120 cm³/mol. The van der Waals surface area contributed by atoms with E-state index in [2.05, 4.69) is 10.0 Å². The molecule has 2 N–H and O–H groups in total. The van der Waals surface area contributed by atoms with Gasteiger partial charge in [-0.25, -0.2) is 8.42 Å². The van der Waals surface area contributed by atoms with Crippen LogP contribution in [0.5, 0.6) is 11.5 Å². The number of anilines is 1. The van der Waals surface area contributed by atoms with E-state index in [1.165, 1.54) is 31.4 Å². The first-order valence-corrected chi connectivity index (χ1v) is 11.2. The number of nitrogens with one attached hydrogen (secondary N) is 2. The van der Waals surface area contributed by atoms with Crippen molar-refractivity contribution in [2.75, 3.05) is 25.0 Å². The standard InChI is InChI=1S/C22H21ClN2O5S/c1-29-21-5-3-2-4-20(21)25-31(27,28)19-12-6-16(7-13-19)22(26)24-14-15-30-18-10-8-17(23)9-11-18/h2-13,25H,14-15H2,1H3,(H,24,26). The number of amides is 1. The van der Waals surface area contributed by atoms with E-state index in [0.29, 0.717) is 27.8 Å². The molecular formula is C22H21ClN2O5S. The quantitative estimate of drug-likeness (QED) is 0.471. The fourth-order valence-electron chi connectivity index (χ4n) is 2.68. The normalized spacial score (nSPS) is 10.9.